The molecule has 8 heteroatoms. The standard InChI is InChI=1S/C22H25N3O4S/c1-13-19(29-14(2)24-13)22(27)25-10-8-15(12-25)18-16-6-4-5-7-17(16)30-20(18)21(26)23-9-11-28-3/h4-7,15H,8-12H2,1-3H3,(H,23,26)/t15-/m1/s1. The molecule has 3 heterocycles. The SMILES string of the molecule is COCCNC(=O)c1sc2ccccc2c1[C@@H]1CCN(C(=O)c2oc(C)nc2C)C1. The van der Waals surface area contributed by atoms with Gasteiger partial charge in [0.15, 0.2) is 5.89 Å². The number of likely N-dealkylation sites (tertiary alicyclic amines) is 1. The average Bonchev–Trinajstić information content (AvgIpc) is 3.43. The van der Waals surface area contributed by atoms with Crippen LogP contribution in [-0.2, 0) is 4.74 Å². The van der Waals surface area contributed by atoms with E-state index in [4.69, 9.17) is 9.15 Å². The zero-order valence-corrected chi connectivity index (χ0v) is 18.2. The fourth-order valence-corrected chi connectivity index (χ4v) is 5.25. The Kier molecular flexibility index (Phi) is 5.87. The number of aromatic nitrogens is 1. The number of carbonyl (C=O) groups excluding carboxylic acids is 2. The number of nitrogens with one attached hydrogen (secondary N) is 1. The number of carbonyl (C=O) groups is 2. The van der Waals surface area contributed by atoms with Gasteiger partial charge in [-0.25, -0.2) is 4.98 Å². The molecule has 0 unspecified atom stereocenters. The molecule has 1 N–H and O–H groups in total. The van der Waals surface area contributed by atoms with Crippen molar-refractivity contribution < 1.29 is 18.7 Å². The van der Waals surface area contributed by atoms with Gasteiger partial charge in [-0.15, -0.1) is 11.3 Å². The van der Waals surface area contributed by atoms with E-state index in [2.05, 4.69) is 16.4 Å². The molecule has 0 aliphatic carbocycles. The van der Waals surface area contributed by atoms with Gasteiger partial charge in [0, 0.05) is 44.3 Å². The van der Waals surface area contributed by atoms with E-state index in [9.17, 15) is 9.59 Å². The van der Waals surface area contributed by atoms with Gasteiger partial charge in [-0.2, -0.15) is 0 Å². The molecule has 2 amide bonds. The Bertz CT molecular complexity index is 1090. The van der Waals surface area contributed by atoms with E-state index in [-0.39, 0.29) is 17.7 Å². The van der Waals surface area contributed by atoms with E-state index in [0.717, 1.165) is 26.9 Å². The topological polar surface area (TPSA) is 84.7 Å². The average molecular weight is 428 g/mol. The van der Waals surface area contributed by atoms with Crippen LogP contribution in [0.1, 0.15) is 49.7 Å². The highest BCUT2D eigenvalue weighted by Gasteiger charge is 2.34. The number of fused-ring (bicyclic) bond motifs is 1. The fourth-order valence-electron chi connectivity index (χ4n) is 4.04. The van der Waals surface area contributed by atoms with Crippen LogP contribution in [0.3, 0.4) is 0 Å². The van der Waals surface area contributed by atoms with Crippen molar-refractivity contribution in [3.8, 4) is 0 Å². The first kappa shape index (κ1) is 20.6. The third-order valence-electron chi connectivity index (χ3n) is 5.41. The molecule has 30 heavy (non-hydrogen) atoms. The van der Waals surface area contributed by atoms with E-state index in [1.807, 2.05) is 18.2 Å². The Morgan fingerprint density at radius 3 is 2.87 bits per heavy atom. The molecule has 158 valence electrons. The smallest absolute Gasteiger partial charge is 0.291 e. The van der Waals surface area contributed by atoms with Gasteiger partial charge in [-0.1, -0.05) is 18.2 Å². The lowest BCUT2D eigenvalue weighted by Gasteiger charge is -2.16. The number of hydrogen-bond acceptors (Lipinski definition) is 6. The molecule has 1 fully saturated rings. The summed E-state index contributed by atoms with van der Waals surface area (Å²) in [5, 5.41) is 4.03. The molecule has 1 aliphatic heterocycles. The number of amides is 2. The first-order chi connectivity index (χ1) is 14.5. The fraction of sp³-hybridized carbons (Fsp3) is 0.409. The number of ether oxygens (including phenoxy) is 1. The lowest BCUT2D eigenvalue weighted by atomic mass is 9.95. The highest BCUT2D eigenvalue weighted by atomic mass is 32.1. The number of benzene rings is 1. The molecule has 0 radical (unpaired) electrons. The van der Waals surface area contributed by atoms with Crippen molar-refractivity contribution in [2.75, 3.05) is 33.4 Å². The highest BCUT2D eigenvalue weighted by molar-refractivity contribution is 7.21. The number of nitrogens with zero attached hydrogens (tertiary/aromatic N) is 2. The van der Waals surface area contributed by atoms with Gasteiger partial charge in [-0.3, -0.25) is 9.59 Å². The maximum Gasteiger partial charge on any atom is 0.291 e. The molecule has 4 rings (SSSR count). The second-order valence-corrected chi connectivity index (χ2v) is 8.53. The van der Waals surface area contributed by atoms with Crippen LogP contribution >= 0.6 is 11.3 Å². The second-order valence-electron chi connectivity index (χ2n) is 7.47. The molecule has 1 atom stereocenters. The van der Waals surface area contributed by atoms with Gasteiger partial charge in [-0.05, 0) is 30.4 Å². The zero-order chi connectivity index (χ0) is 21.3. The Morgan fingerprint density at radius 1 is 1.33 bits per heavy atom. The monoisotopic (exact) mass is 427 g/mol. The molecule has 0 saturated carbocycles. The number of aryl methyl sites for hydroxylation is 2. The molecule has 2 aromatic heterocycles. The molecule has 1 aromatic carbocycles. The zero-order valence-electron chi connectivity index (χ0n) is 17.4. The quantitative estimate of drug-likeness (QED) is 0.609. The van der Waals surface area contributed by atoms with Gasteiger partial charge in [0.05, 0.1) is 17.2 Å². The molecular weight excluding hydrogens is 402 g/mol. The summed E-state index contributed by atoms with van der Waals surface area (Å²) in [4.78, 5) is 32.6. The normalized spacial score (nSPS) is 16.4. The van der Waals surface area contributed by atoms with Crippen LogP contribution in [0, 0.1) is 13.8 Å². The van der Waals surface area contributed by atoms with Crippen molar-refractivity contribution in [2.45, 2.75) is 26.2 Å². The van der Waals surface area contributed by atoms with Gasteiger partial charge in [0.1, 0.15) is 0 Å². The highest BCUT2D eigenvalue weighted by Crippen LogP contribution is 2.40. The number of rotatable bonds is 6. The largest absolute Gasteiger partial charge is 0.436 e. The third kappa shape index (κ3) is 3.85. The Labute approximate surface area is 179 Å². The van der Waals surface area contributed by atoms with Gasteiger partial charge in [0.25, 0.3) is 11.8 Å². The Balaban J connectivity index is 1.61. The summed E-state index contributed by atoms with van der Waals surface area (Å²) in [5.41, 5.74) is 1.64. The van der Waals surface area contributed by atoms with Crippen LogP contribution in [0.4, 0.5) is 0 Å². The molecule has 7 nitrogen and oxygen atoms in total. The van der Waals surface area contributed by atoms with Crippen LogP contribution in [0.5, 0.6) is 0 Å². The number of methoxy groups -OCH3 is 1. The van der Waals surface area contributed by atoms with Crippen molar-refractivity contribution >= 4 is 33.2 Å². The van der Waals surface area contributed by atoms with Crippen molar-refractivity contribution in [1.29, 1.82) is 0 Å². The summed E-state index contributed by atoms with van der Waals surface area (Å²) in [7, 11) is 1.61. The van der Waals surface area contributed by atoms with Crippen LogP contribution in [0.15, 0.2) is 28.7 Å². The minimum atomic E-state index is -0.138. The van der Waals surface area contributed by atoms with Crippen LogP contribution in [0.2, 0.25) is 0 Å². The van der Waals surface area contributed by atoms with Crippen LogP contribution in [0.25, 0.3) is 10.1 Å². The molecular formula is C22H25N3O4S. The van der Waals surface area contributed by atoms with E-state index < -0.39 is 0 Å². The second kappa shape index (κ2) is 8.57. The van der Waals surface area contributed by atoms with E-state index in [0.29, 0.717) is 43.6 Å². The maximum atomic E-state index is 13.0. The third-order valence-corrected chi connectivity index (χ3v) is 6.60. The number of oxazole rings is 1. The first-order valence-corrected chi connectivity index (χ1v) is 10.8. The van der Waals surface area contributed by atoms with Crippen molar-refractivity contribution in [3.63, 3.8) is 0 Å². The summed E-state index contributed by atoms with van der Waals surface area (Å²) in [6, 6.07) is 8.06. The molecule has 0 bridgehead atoms. The summed E-state index contributed by atoms with van der Waals surface area (Å²) in [6.45, 7) is 5.62. The van der Waals surface area contributed by atoms with E-state index >= 15 is 0 Å². The maximum absolute atomic E-state index is 13.0. The number of thiophene rings is 1. The Morgan fingerprint density at radius 2 is 2.13 bits per heavy atom. The van der Waals surface area contributed by atoms with Gasteiger partial charge < -0.3 is 19.4 Å². The molecule has 1 saturated heterocycles. The summed E-state index contributed by atoms with van der Waals surface area (Å²) in [6.07, 6.45) is 0.803. The molecule has 1 aliphatic rings. The predicted molar refractivity (Wildman–Crippen MR) is 115 cm³/mol. The summed E-state index contributed by atoms with van der Waals surface area (Å²) >= 11 is 1.50. The minimum Gasteiger partial charge on any atom is -0.436 e. The van der Waals surface area contributed by atoms with Crippen molar-refractivity contribution in [2.24, 2.45) is 0 Å². The lowest BCUT2D eigenvalue weighted by molar-refractivity contribution is 0.0757. The molecule has 0 spiro atoms. The van der Waals surface area contributed by atoms with E-state index in [1.165, 1.54) is 11.3 Å². The molecule has 3 aromatic rings. The summed E-state index contributed by atoms with van der Waals surface area (Å²) < 4.78 is 11.6. The predicted octanol–water partition coefficient (Wildman–Crippen LogP) is 3.51. The van der Waals surface area contributed by atoms with Gasteiger partial charge >= 0.3 is 0 Å². The Hall–Kier alpha value is -2.71. The first-order valence-electron chi connectivity index (χ1n) is 10.0. The number of hydrogen-bond donors (Lipinski definition) is 1. The van der Waals surface area contributed by atoms with Crippen LogP contribution in [-0.4, -0.2) is 55.0 Å². The van der Waals surface area contributed by atoms with Crippen LogP contribution < -0.4 is 5.32 Å². The van der Waals surface area contributed by atoms with E-state index in [1.54, 1.807) is 25.9 Å². The van der Waals surface area contributed by atoms with Gasteiger partial charge in [0.2, 0.25) is 5.76 Å². The minimum absolute atomic E-state index is 0.0882. The van der Waals surface area contributed by atoms with Crippen molar-refractivity contribution in [3.05, 3.63) is 52.1 Å². The van der Waals surface area contributed by atoms with Crippen molar-refractivity contribution in [1.82, 2.24) is 15.2 Å². The lowest BCUT2D eigenvalue weighted by Crippen LogP contribution is -2.29. The summed E-state index contributed by atoms with van der Waals surface area (Å²) in [5.74, 6) is 0.667.